The SMILES string of the molecule is C.CCCC(=O)OCC1CO1. The van der Waals surface area contributed by atoms with Gasteiger partial charge in [0, 0.05) is 6.42 Å². The van der Waals surface area contributed by atoms with Crippen molar-refractivity contribution in [1.82, 2.24) is 0 Å². The minimum absolute atomic E-state index is 0. The minimum atomic E-state index is -0.113. The van der Waals surface area contributed by atoms with Gasteiger partial charge in [-0.3, -0.25) is 4.79 Å². The van der Waals surface area contributed by atoms with E-state index in [4.69, 9.17) is 9.47 Å². The van der Waals surface area contributed by atoms with Gasteiger partial charge in [-0.2, -0.15) is 0 Å². The normalized spacial score (nSPS) is 20.3. The summed E-state index contributed by atoms with van der Waals surface area (Å²) in [6.07, 6.45) is 1.57. The summed E-state index contributed by atoms with van der Waals surface area (Å²) < 4.78 is 9.70. The number of hydrogen-bond donors (Lipinski definition) is 0. The van der Waals surface area contributed by atoms with E-state index < -0.39 is 0 Å². The fraction of sp³-hybridized carbons (Fsp3) is 0.875. The van der Waals surface area contributed by atoms with E-state index in [0.717, 1.165) is 13.0 Å². The van der Waals surface area contributed by atoms with Gasteiger partial charge in [-0.1, -0.05) is 14.4 Å². The zero-order chi connectivity index (χ0) is 7.40. The molecule has 0 aromatic rings. The van der Waals surface area contributed by atoms with Gasteiger partial charge in [0.2, 0.25) is 0 Å². The van der Waals surface area contributed by atoms with Crippen LogP contribution in [0.2, 0.25) is 0 Å². The molecular formula is C8H16O3. The average molecular weight is 160 g/mol. The second-order valence-electron chi connectivity index (χ2n) is 2.39. The highest BCUT2D eigenvalue weighted by molar-refractivity contribution is 5.69. The summed E-state index contributed by atoms with van der Waals surface area (Å²) in [5, 5.41) is 0. The van der Waals surface area contributed by atoms with Crippen molar-refractivity contribution in [3.8, 4) is 0 Å². The maximum atomic E-state index is 10.7. The van der Waals surface area contributed by atoms with Gasteiger partial charge in [0.1, 0.15) is 12.7 Å². The van der Waals surface area contributed by atoms with E-state index in [1.807, 2.05) is 6.92 Å². The molecule has 3 nitrogen and oxygen atoms in total. The first-order valence-electron chi connectivity index (χ1n) is 3.60. The Hall–Kier alpha value is -0.570. The Bertz CT molecular complexity index is 119. The van der Waals surface area contributed by atoms with Crippen molar-refractivity contribution in [2.45, 2.75) is 33.3 Å². The number of carbonyl (C=O) groups excluding carboxylic acids is 1. The second-order valence-corrected chi connectivity index (χ2v) is 2.39. The fourth-order valence-electron chi connectivity index (χ4n) is 0.626. The van der Waals surface area contributed by atoms with Crippen LogP contribution < -0.4 is 0 Å². The lowest BCUT2D eigenvalue weighted by molar-refractivity contribution is -0.144. The summed E-state index contributed by atoms with van der Waals surface area (Å²) in [7, 11) is 0. The lowest BCUT2D eigenvalue weighted by Crippen LogP contribution is -2.08. The molecule has 0 radical (unpaired) electrons. The molecule has 0 aliphatic carbocycles. The van der Waals surface area contributed by atoms with E-state index in [9.17, 15) is 4.79 Å². The van der Waals surface area contributed by atoms with Crippen LogP contribution in [-0.2, 0) is 14.3 Å². The van der Waals surface area contributed by atoms with E-state index in [0.29, 0.717) is 13.0 Å². The molecule has 0 N–H and O–H groups in total. The smallest absolute Gasteiger partial charge is 0.305 e. The van der Waals surface area contributed by atoms with Gasteiger partial charge in [-0.05, 0) is 6.42 Å². The van der Waals surface area contributed by atoms with Crippen molar-refractivity contribution in [3.63, 3.8) is 0 Å². The molecule has 0 amide bonds. The molecule has 1 fully saturated rings. The largest absolute Gasteiger partial charge is 0.463 e. The first-order chi connectivity index (χ1) is 4.83. The van der Waals surface area contributed by atoms with Gasteiger partial charge in [-0.15, -0.1) is 0 Å². The lowest BCUT2D eigenvalue weighted by atomic mass is 10.3. The van der Waals surface area contributed by atoms with Crippen LogP contribution in [0.1, 0.15) is 27.2 Å². The van der Waals surface area contributed by atoms with Crippen LogP contribution in [0.25, 0.3) is 0 Å². The maximum Gasteiger partial charge on any atom is 0.305 e. The Balaban J connectivity index is 0.000001000. The standard InChI is InChI=1S/C7H12O3.CH4/c1-2-3-7(8)10-5-6-4-9-6;/h6H,2-5H2,1H3;1H4. The van der Waals surface area contributed by atoms with Crippen LogP contribution in [0.15, 0.2) is 0 Å². The molecular weight excluding hydrogens is 144 g/mol. The molecule has 0 aromatic carbocycles. The average Bonchev–Trinajstić information content (AvgIpc) is 2.67. The molecule has 0 spiro atoms. The Morgan fingerprint density at radius 3 is 2.82 bits per heavy atom. The minimum Gasteiger partial charge on any atom is -0.463 e. The van der Waals surface area contributed by atoms with E-state index in [1.165, 1.54) is 0 Å². The summed E-state index contributed by atoms with van der Waals surface area (Å²) >= 11 is 0. The van der Waals surface area contributed by atoms with Gasteiger partial charge in [0.05, 0.1) is 6.61 Å². The maximum absolute atomic E-state index is 10.7. The molecule has 1 aliphatic heterocycles. The van der Waals surface area contributed by atoms with Crippen LogP contribution >= 0.6 is 0 Å². The van der Waals surface area contributed by atoms with Crippen LogP contribution in [-0.4, -0.2) is 25.3 Å². The number of ether oxygens (including phenoxy) is 2. The van der Waals surface area contributed by atoms with Gasteiger partial charge >= 0.3 is 5.97 Å². The van der Waals surface area contributed by atoms with Crippen molar-refractivity contribution in [3.05, 3.63) is 0 Å². The Labute approximate surface area is 67.7 Å². The van der Waals surface area contributed by atoms with Crippen molar-refractivity contribution in [2.75, 3.05) is 13.2 Å². The molecule has 1 aliphatic rings. The molecule has 1 unspecified atom stereocenters. The Morgan fingerprint density at radius 2 is 2.36 bits per heavy atom. The number of epoxide rings is 1. The molecule has 1 atom stereocenters. The summed E-state index contributed by atoms with van der Waals surface area (Å²) in [6.45, 7) is 3.15. The molecule has 1 heterocycles. The monoisotopic (exact) mass is 160 g/mol. The molecule has 0 saturated carbocycles. The fourth-order valence-corrected chi connectivity index (χ4v) is 0.626. The third-order valence-electron chi connectivity index (χ3n) is 1.29. The van der Waals surface area contributed by atoms with Crippen LogP contribution in [0.3, 0.4) is 0 Å². The van der Waals surface area contributed by atoms with Crippen molar-refractivity contribution >= 4 is 5.97 Å². The van der Waals surface area contributed by atoms with E-state index in [1.54, 1.807) is 0 Å². The molecule has 11 heavy (non-hydrogen) atoms. The molecule has 66 valence electrons. The van der Waals surface area contributed by atoms with Crippen LogP contribution in [0, 0.1) is 0 Å². The summed E-state index contributed by atoms with van der Waals surface area (Å²) in [6, 6.07) is 0. The van der Waals surface area contributed by atoms with E-state index in [2.05, 4.69) is 0 Å². The number of esters is 1. The third kappa shape index (κ3) is 4.79. The third-order valence-corrected chi connectivity index (χ3v) is 1.29. The van der Waals surface area contributed by atoms with Crippen molar-refractivity contribution < 1.29 is 14.3 Å². The highest BCUT2D eigenvalue weighted by Crippen LogP contribution is 2.08. The van der Waals surface area contributed by atoms with Crippen molar-refractivity contribution in [2.24, 2.45) is 0 Å². The summed E-state index contributed by atoms with van der Waals surface area (Å²) in [5.41, 5.74) is 0. The lowest BCUT2D eigenvalue weighted by Gasteiger charge is -1.99. The molecule has 3 heteroatoms. The second kappa shape index (κ2) is 5.13. The summed E-state index contributed by atoms with van der Waals surface area (Å²) in [5.74, 6) is -0.113. The zero-order valence-electron chi connectivity index (χ0n) is 6.13. The predicted octanol–water partition coefficient (Wildman–Crippen LogP) is 1.36. The first kappa shape index (κ1) is 10.4. The zero-order valence-corrected chi connectivity index (χ0v) is 6.13. The molecule has 0 bridgehead atoms. The van der Waals surface area contributed by atoms with E-state index in [-0.39, 0.29) is 19.5 Å². The van der Waals surface area contributed by atoms with Gasteiger partial charge in [0.15, 0.2) is 0 Å². The highest BCUT2D eigenvalue weighted by atomic mass is 16.6. The summed E-state index contributed by atoms with van der Waals surface area (Å²) in [4.78, 5) is 10.7. The number of carbonyl (C=O) groups is 1. The van der Waals surface area contributed by atoms with Crippen molar-refractivity contribution in [1.29, 1.82) is 0 Å². The van der Waals surface area contributed by atoms with Crippen LogP contribution in [0.5, 0.6) is 0 Å². The number of rotatable bonds is 4. The van der Waals surface area contributed by atoms with E-state index >= 15 is 0 Å². The first-order valence-corrected chi connectivity index (χ1v) is 3.60. The van der Waals surface area contributed by atoms with Gasteiger partial charge in [0.25, 0.3) is 0 Å². The van der Waals surface area contributed by atoms with Crippen LogP contribution in [0.4, 0.5) is 0 Å². The Morgan fingerprint density at radius 1 is 1.73 bits per heavy atom. The van der Waals surface area contributed by atoms with Gasteiger partial charge < -0.3 is 9.47 Å². The number of hydrogen-bond acceptors (Lipinski definition) is 3. The topological polar surface area (TPSA) is 38.8 Å². The molecule has 1 saturated heterocycles. The Kier molecular flexibility index (Phi) is 4.86. The quantitative estimate of drug-likeness (QED) is 0.460. The van der Waals surface area contributed by atoms with Gasteiger partial charge in [-0.25, -0.2) is 0 Å². The molecule has 1 rings (SSSR count). The highest BCUT2D eigenvalue weighted by Gasteiger charge is 2.23. The predicted molar refractivity (Wildman–Crippen MR) is 42.3 cm³/mol. The molecule has 0 aromatic heterocycles.